The number of ether oxygens (including phenoxy) is 1. The first kappa shape index (κ1) is 31.3. The molecule has 2 unspecified atom stereocenters. The minimum absolute atomic E-state index is 0.0225. The van der Waals surface area contributed by atoms with E-state index in [-0.39, 0.29) is 27.8 Å². The summed E-state index contributed by atoms with van der Waals surface area (Å²) in [6.45, 7) is 11.0. The Hall–Kier alpha value is -3.63. The predicted octanol–water partition coefficient (Wildman–Crippen LogP) is 8.81. The lowest BCUT2D eigenvalue weighted by Gasteiger charge is -2.37. The molecule has 0 spiro atoms. The van der Waals surface area contributed by atoms with Gasteiger partial charge in [0.2, 0.25) is 11.6 Å². The number of carbonyl (C=O) groups excluding carboxylic acids is 3. The summed E-state index contributed by atoms with van der Waals surface area (Å²) in [6.07, 6.45) is 6.28. The molecule has 0 amide bonds. The number of allylic oxidation sites excluding steroid dienone is 1. The van der Waals surface area contributed by atoms with Gasteiger partial charge in [-0.15, -0.1) is 0 Å². The van der Waals surface area contributed by atoms with Crippen LogP contribution in [0.2, 0.25) is 0 Å². The maximum absolute atomic E-state index is 13.1. The molecule has 5 rings (SSSR count). The normalized spacial score (nSPS) is 23.4. The first-order valence-corrected chi connectivity index (χ1v) is 15.1. The summed E-state index contributed by atoms with van der Waals surface area (Å²) in [5.74, 6) is -0.180. The second kappa shape index (κ2) is 12.3. The summed E-state index contributed by atoms with van der Waals surface area (Å²) in [7, 11) is 1.44. The Bertz CT molecular complexity index is 1390. The SMILES string of the molecule is CC12CCC(C)(C(=Cc3ccccc3)C1=O)C2(C)C.CCCCC(OC)(C(=O)c1ccccc1)C(=O)c1ccccc1. The van der Waals surface area contributed by atoms with E-state index in [0.717, 1.165) is 36.8 Å². The van der Waals surface area contributed by atoms with E-state index in [2.05, 4.69) is 45.9 Å². The summed E-state index contributed by atoms with van der Waals surface area (Å²) in [4.78, 5) is 39.0. The molecular formula is C38H44O4. The minimum Gasteiger partial charge on any atom is -0.362 e. The van der Waals surface area contributed by atoms with Crippen LogP contribution in [-0.2, 0) is 9.53 Å². The fraction of sp³-hybridized carbons (Fsp3) is 0.395. The largest absolute Gasteiger partial charge is 0.362 e. The molecule has 3 aromatic rings. The van der Waals surface area contributed by atoms with Crippen molar-refractivity contribution in [3.63, 3.8) is 0 Å². The smallest absolute Gasteiger partial charge is 0.202 e. The molecule has 0 aliphatic heterocycles. The molecule has 3 aromatic carbocycles. The van der Waals surface area contributed by atoms with Crippen molar-refractivity contribution in [1.82, 2.24) is 0 Å². The average Bonchev–Trinajstić information content (AvgIpc) is 3.27. The van der Waals surface area contributed by atoms with E-state index < -0.39 is 5.60 Å². The summed E-state index contributed by atoms with van der Waals surface area (Å²) in [6, 6.07) is 28.0. The van der Waals surface area contributed by atoms with Gasteiger partial charge in [0.1, 0.15) is 0 Å². The standard InChI is InChI=1S/C20H22O3.C18H22O/c1-3-4-15-20(23-2,18(21)16-11-7-5-8-12-16)19(22)17-13-9-6-10-14-17;1-16(2)17(3)10-11-18(16,4)15(19)14(17)12-13-8-6-5-7-9-13/h5-14H,3-4,15H2,1-2H3;5-9,12H,10-11H2,1-4H3. The van der Waals surface area contributed by atoms with Gasteiger partial charge in [-0.1, -0.05) is 132 Å². The van der Waals surface area contributed by atoms with E-state index in [1.165, 1.54) is 7.11 Å². The lowest BCUT2D eigenvalue weighted by atomic mass is 9.65. The van der Waals surface area contributed by atoms with Gasteiger partial charge in [0, 0.05) is 34.6 Å². The van der Waals surface area contributed by atoms with Crippen molar-refractivity contribution in [3.05, 3.63) is 113 Å². The van der Waals surface area contributed by atoms with E-state index >= 15 is 0 Å². The number of hydrogen-bond acceptors (Lipinski definition) is 4. The molecule has 2 fully saturated rings. The predicted molar refractivity (Wildman–Crippen MR) is 169 cm³/mol. The first-order valence-electron chi connectivity index (χ1n) is 15.1. The van der Waals surface area contributed by atoms with Crippen molar-refractivity contribution in [2.45, 2.75) is 72.3 Å². The van der Waals surface area contributed by atoms with Gasteiger partial charge in [0.25, 0.3) is 0 Å². The second-order valence-corrected chi connectivity index (χ2v) is 12.6. The van der Waals surface area contributed by atoms with Crippen LogP contribution in [0.15, 0.2) is 96.6 Å². The topological polar surface area (TPSA) is 60.4 Å². The maximum Gasteiger partial charge on any atom is 0.202 e. The number of rotatable bonds is 9. The molecule has 2 bridgehead atoms. The highest BCUT2D eigenvalue weighted by Gasteiger charge is 2.70. The highest BCUT2D eigenvalue weighted by atomic mass is 16.5. The quantitative estimate of drug-likeness (QED) is 0.148. The molecule has 0 saturated heterocycles. The van der Waals surface area contributed by atoms with Crippen LogP contribution < -0.4 is 0 Å². The van der Waals surface area contributed by atoms with E-state index in [9.17, 15) is 14.4 Å². The monoisotopic (exact) mass is 564 g/mol. The highest BCUT2D eigenvalue weighted by Crippen LogP contribution is 2.72. The Kier molecular flexibility index (Phi) is 9.18. The number of fused-ring (bicyclic) bond motifs is 2. The number of hydrogen-bond donors (Lipinski definition) is 0. The zero-order valence-corrected chi connectivity index (χ0v) is 25.9. The van der Waals surface area contributed by atoms with E-state index in [0.29, 0.717) is 23.3 Å². The Labute approximate surface area is 251 Å². The van der Waals surface area contributed by atoms with E-state index in [1.54, 1.807) is 48.5 Å². The highest BCUT2D eigenvalue weighted by molar-refractivity contribution is 6.22. The van der Waals surface area contributed by atoms with Crippen LogP contribution >= 0.6 is 0 Å². The molecule has 220 valence electrons. The zero-order chi connectivity index (χ0) is 30.6. The lowest BCUT2D eigenvalue weighted by molar-refractivity contribution is -0.125. The van der Waals surface area contributed by atoms with Crippen molar-refractivity contribution < 1.29 is 19.1 Å². The van der Waals surface area contributed by atoms with E-state index in [4.69, 9.17) is 4.74 Å². The van der Waals surface area contributed by atoms with Gasteiger partial charge in [-0.3, -0.25) is 14.4 Å². The molecule has 2 saturated carbocycles. The first-order chi connectivity index (χ1) is 20.0. The minimum atomic E-state index is -1.46. The van der Waals surface area contributed by atoms with Gasteiger partial charge in [-0.05, 0) is 42.7 Å². The Morgan fingerprint density at radius 2 is 1.21 bits per heavy atom. The second-order valence-electron chi connectivity index (χ2n) is 12.6. The van der Waals surface area contributed by atoms with Crippen LogP contribution in [0.3, 0.4) is 0 Å². The van der Waals surface area contributed by atoms with Gasteiger partial charge >= 0.3 is 0 Å². The van der Waals surface area contributed by atoms with Crippen LogP contribution in [0.4, 0.5) is 0 Å². The number of Topliss-reactive ketones (excluding diaryl/α,β-unsaturated/α-hetero) is 3. The molecule has 2 aliphatic rings. The van der Waals surface area contributed by atoms with Gasteiger partial charge in [-0.2, -0.15) is 0 Å². The molecule has 2 atom stereocenters. The third kappa shape index (κ3) is 5.22. The lowest BCUT2D eigenvalue weighted by Crippen LogP contribution is -2.48. The van der Waals surface area contributed by atoms with Crippen molar-refractivity contribution >= 4 is 23.4 Å². The van der Waals surface area contributed by atoms with Crippen LogP contribution in [0.25, 0.3) is 6.08 Å². The number of unbranched alkanes of at least 4 members (excludes halogenated alkanes) is 1. The molecule has 0 aromatic heterocycles. The summed E-state index contributed by atoms with van der Waals surface area (Å²) in [5.41, 5.74) is 1.61. The number of carbonyl (C=O) groups is 3. The van der Waals surface area contributed by atoms with Gasteiger partial charge < -0.3 is 4.74 Å². The van der Waals surface area contributed by atoms with Crippen LogP contribution in [0, 0.1) is 16.2 Å². The molecule has 2 aliphatic carbocycles. The molecule has 0 radical (unpaired) electrons. The number of ketones is 3. The number of methoxy groups -OCH3 is 1. The van der Waals surface area contributed by atoms with Gasteiger partial charge in [0.05, 0.1) is 0 Å². The summed E-state index contributed by atoms with van der Waals surface area (Å²) in [5, 5.41) is 0. The molecule has 4 nitrogen and oxygen atoms in total. The van der Waals surface area contributed by atoms with Crippen LogP contribution in [0.1, 0.15) is 93.0 Å². The van der Waals surface area contributed by atoms with Crippen molar-refractivity contribution in [2.75, 3.05) is 7.11 Å². The fourth-order valence-corrected chi connectivity index (χ4v) is 6.78. The van der Waals surface area contributed by atoms with Crippen molar-refractivity contribution in [3.8, 4) is 0 Å². The summed E-state index contributed by atoms with van der Waals surface area (Å²) >= 11 is 0. The Morgan fingerprint density at radius 3 is 1.62 bits per heavy atom. The van der Waals surface area contributed by atoms with Crippen molar-refractivity contribution in [1.29, 1.82) is 0 Å². The maximum atomic E-state index is 13.1. The van der Waals surface area contributed by atoms with Crippen LogP contribution in [0.5, 0.6) is 0 Å². The third-order valence-electron chi connectivity index (χ3n) is 10.4. The van der Waals surface area contributed by atoms with Gasteiger partial charge in [0.15, 0.2) is 11.4 Å². The molecule has 4 heteroatoms. The molecule has 0 N–H and O–H groups in total. The van der Waals surface area contributed by atoms with Gasteiger partial charge in [-0.25, -0.2) is 0 Å². The van der Waals surface area contributed by atoms with Crippen molar-refractivity contribution in [2.24, 2.45) is 16.2 Å². The molecule has 0 heterocycles. The molecule has 42 heavy (non-hydrogen) atoms. The van der Waals surface area contributed by atoms with Crippen LogP contribution in [-0.4, -0.2) is 30.1 Å². The summed E-state index contributed by atoms with van der Waals surface area (Å²) < 4.78 is 5.57. The number of benzene rings is 3. The Morgan fingerprint density at radius 1 is 0.762 bits per heavy atom. The van der Waals surface area contributed by atoms with E-state index in [1.807, 2.05) is 37.3 Å². The Balaban J connectivity index is 0.000000196. The average molecular weight is 565 g/mol. The third-order valence-corrected chi connectivity index (χ3v) is 10.4. The fourth-order valence-electron chi connectivity index (χ4n) is 6.78. The molecular weight excluding hydrogens is 520 g/mol. The zero-order valence-electron chi connectivity index (χ0n) is 25.9.